The molecule has 1 aliphatic rings. The van der Waals surface area contributed by atoms with Crippen molar-refractivity contribution in [1.29, 1.82) is 0 Å². The van der Waals surface area contributed by atoms with Gasteiger partial charge in [0.05, 0.1) is 12.2 Å². The van der Waals surface area contributed by atoms with Gasteiger partial charge in [0.25, 0.3) is 11.8 Å². The summed E-state index contributed by atoms with van der Waals surface area (Å²) in [5, 5.41) is 3.79. The Bertz CT molecular complexity index is 896. The minimum Gasteiger partial charge on any atom is -0.477 e. The summed E-state index contributed by atoms with van der Waals surface area (Å²) < 4.78 is 5.80. The molecule has 0 saturated carbocycles. The first kappa shape index (κ1) is 27.5. The summed E-state index contributed by atoms with van der Waals surface area (Å²) in [6.07, 6.45) is 3.14. The van der Waals surface area contributed by atoms with Gasteiger partial charge in [-0.05, 0) is 48.4 Å². The Morgan fingerprint density at radius 3 is 2.34 bits per heavy atom. The second-order valence-electron chi connectivity index (χ2n) is 6.35. The molecule has 0 radical (unpaired) electrons. The zero-order valence-corrected chi connectivity index (χ0v) is 20.8. The van der Waals surface area contributed by atoms with E-state index in [9.17, 15) is 9.59 Å². The van der Waals surface area contributed by atoms with E-state index in [1.807, 2.05) is 40.7 Å². The number of benzene rings is 2. The van der Waals surface area contributed by atoms with Crippen LogP contribution in [0.25, 0.3) is 6.08 Å². The molecular formula is C25H32Cl2N2O3. The third-order valence-corrected chi connectivity index (χ3v) is 4.62. The van der Waals surface area contributed by atoms with Crippen molar-refractivity contribution in [1.82, 2.24) is 5.32 Å². The highest BCUT2D eigenvalue weighted by Crippen LogP contribution is 2.33. The van der Waals surface area contributed by atoms with Crippen LogP contribution in [0.1, 0.15) is 46.6 Å². The topological polar surface area (TPSA) is 58.6 Å². The fourth-order valence-electron chi connectivity index (χ4n) is 2.87. The highest BCUT2D eigenvalue weighted by molar-refractivity contribution is 6.34. The number of amides is 2. The standard InChI is InChI=1S/C21H20Cl2N2O3.2C2H6/c1-2-9-24-21(27)19-13-25(17-5-3-4-6-18(17)28-19)20(26)8-7-14-10-15(22)12-16(23)11-14;2*1-2/h3-8,10-12,19H,2,9,13H2,1H3,(H,24,27);2*1-2H3/b8-7+;;. The minimum atomic E-state index is -0.764. The average Bonchev–Trinajstić information content (AvgIpc) is 2.82. The zero-order chi connectivity index (χ0) is 24.1. The van der Waals surface area contributed by atoms with E-state index in [4.69, 9.17) is 27.9 Å². The summed E-state index contributed by atoms with van der Waals surface area (Å²) in [4.78, 5) is 26.8. The van der Waals surface area contributed by atoms with E-state index in [-0.39, 0.29) is 18.4 Å². The number of halogens is 2. The lowest BCUT2D eigenvalue weighted by Crippen LogP contribution is -2.50. The number of nitrogens with zero attached hydrogens (tertiary/aromatic N) is 1. The third kappa shape index (κ3) is 7.88. The molecule has 2 aromatic rings. The lowest BCUT2D eigenvalue weighted by Gasteiger charge is -2.33. The molecule has 3 rings (SSSR count). The largest absolute Gasteiger partial charge is 0.477 e. The van der Waals surface area contributed by atoms with Crippen molar-refractivity contribution in [3.63, 3.8) is 0 Å². The molecule has 1 atom stereocenters. The van der Waals surface area contributed by atoms with Gasteiger partial charge >= 0.3 is 0 Å². The number of carbonyl (C=O) groups excluding carboxylic acids is 2. The van der Waals surface area contributed by atoms with Crippen molar-refractivity contribution < 1.29 is 14.3 Å². The number of nitrogens with one attached hydrogen (secondary N) is 1. The molecule has 0 saturated heterocycles. The number of anilines is 1. The molecule has 174 valence electrons. The Morgan fingerprint density at radius 2 is 1.72 bits per heavy atom. The molecule has 1 aliphatic heterocycles. The molecule has 0 aromatic heterocycles. The Morgan fingerprint density at radius 1 is 1.09 bits per heavy atom. The van der Waals surface area contributed by atoms with E-state index in [1.165, 1.54) is 11.0 Å². The third-order valence-electron chi connectivity index (χ3n) is 4.18. The average molecular weight is 479 g/mol. The van der Waals surface area contributed by atoms with Crippen LogP contribution in [0.4, 0.5) is 5.69 Å². The first-order valence-corrected chi connectivity index (χ1v) is 11.7. The molecule has 0 spiro atoms. The zero-order valence-electron chi connectivity index (χ0n) is 19.3. The number of ether oxygens (including phenoxy) is 1. The van der Waals surface area contributed by atoms with E-state index in [0.717, 1.165) is 6.42 Å². The van der Waals surface area contributed by atoms with Gasteiger partial charge in [-0.25, -0.2) is 0 Å². The molecule has 7 heteroatoms. The second kappa shape index (κ2) is 14.5. The molecule has 5 nitrogen and oxygen atoms in total. The first-order chi connectivity index (χ1) is 15.5. The van der Waals surface area contributed by atoms with Crippen LogP contribution < -0.4 is 15.0 Å². The van der Waals surface area contributed by atoms with Gasteiger partial charge < -0.3 is 15.0 Å². The minimum absolute atomic E-state index is 0.131. The van der Waals surface area contributed by atoms with E-state index in [1.54, 1.807) is 42.5 Å². The first-order valence-electron chi connectivity index (χ1n) is 11.0. The van der Waals surface area contributed by atoms with Crippen molar-refractivity contribution in [3.8, 4) is 5.75 Å². The van der Waals surface area contributed by atoms with Crippen LogP contribution in [0, 0.1) is 0 Å². The molecule has 0 bridgehead atoms. The normalized spacial score (nSPS) is 14.2. The van der Waals surface area contributed by atoms with Crippen molar-refractivity contribution >= 4 is 46.8 Å². The Balaban J connectivity index is 0.00000121. The summed E-state index contributed by atoms with van der Waals surface area (Å²) in [7, 11) is 0. The Hall–Kier alpha value is -2.50. The van der Waals surface area contributed by atoms with Gasteiger partial charge in [-0.1, -0.05) is 70.0 Å². The second-order valence-corrected chi connectivity index (χ2v) is 7.22. The highest BCUT2D eigenvalue weighted by atomic mass is 35.5. The highest BCUT2D eigenvalue weighted by Gasteiger charge is 2.32. The monoisotopic (exact) mass is 478 g/mol. The van der Waals surface area contributed by atoms with E-state index >= 15 is 0 Å². The van der Waals surface area contributed by atoms with Gasteiger partial charge in [-0.15, -0.1) is 0 Å². The number of fused-ring (bicyclic) bond motifs is 1. The quantitative estimate of drug-likeness (QED) is 0.507. The number of hydrogen-bond acceptors (Lipinski definition) is 3. The van der Waals surface area contributed by atoms with Crippen LogP contribution in [0.2, 0.25) is 10.0 Å². The molecule has 1 N–H and O–H groups in total. The predicted molar refractivity (Wildman–Crippen MR) is 135 cm³/mol. The fourth-order valence-corrected chi connectivity index (χ4v) is 3.41. The van der Waals surface area contributed by atoms with Crippen LogP contribution in [-0.2, 0) is 9.59 Å². The van der Waals surface area contributed by atoms with Crippen LogP contribution in [-0.4, -0.2) is 31.0 Å². The van der Waals surface area contributed by atoms with Crippen molar-refractivity contribution in [2.24, 2.45) is 0 Å². The maximum atomic E-state index is 12.9. The summed E-state index contributed by atoms with van der Waals surface area (Å²) in [6.45, 7) is 10.7. The molecule has 0 aliphatic carbocycles. The van der Waals surface area contributed by atoms with Crippen LogP contribution >= 0.6 is 23.2 Å². The smallest absolute Gasteiger partial charge is 0.262 e. The van der Waals surface area contributed by atoms with E-state index < -0.39 is 6.10 Å². The van der Waals surface area contributed by atoms with Crippen molar-refractivity contribution in [2.45, 2.75) is 47.1 Å². The number of carbonyl (C=O) groups is 2. The fraction of sp³-hybridized carbons (Fsp3) is 0.360. The van der Waals surface area contributed by atoms with E-state index in [0.29, 0.717) is 33.6 Å². The molecule has 0 fully saturated rings. The molecule has 1 unspecified atom stereocenters. The lowest BCUT2D eigenvalue weighted by atomic mass is 10.1. The summed E-state index contributed by atoms with van der Waals surface area (Å²) in [5.41, 5.74) is 1.34. The number of rotatable bonds is 5. The van der Waals surface area contributed by atoms with Gasteiger partial charge in [0.1, 0.15) is 5.75 Å². The van der Waals surface area contributed by atoms with Gasteiger partial charge in [-0.3, -0.25) is 9.59 Å². The molecule has 2 aromatic carbocycles. The van der Waals surface area contributed by atoms with Crippen molar-refractivity contribution in [2.75, 3.05) is 18.0 Å². The molecule has 2 amide bonds. The number of hydrogen-bond donors (Lipinski definition) is 1. The lowest BCUT2D eigenvalue weighted by molar-refractivity contribution is -0.128. The van der Waals surface area contributed by atoms with Gasteiger partial charge in [0.15, 0.2) is 6.10 Å². The summed E-state index contributed by atoms with van der Waals surface area (Å²) in [6, 6.07) is 12.2. The number of para-hydroxylation sites is 2. The molecular weight excluding hydrogens is 447 g/mol. The maximum absolute atomic E-state index is 12.9. The molecule has 32 heavy (non-hydrogen) atoms. The van der Waals surface area contributed by atoms with Crippen LogP contribution in [0.3, 0.4) is 0 Å². The predicted octanol–water partition coefficient (Wildman–Crippen LogP) is 6.38. The van der Waals surface area contributed by atoms with Crippen LogP contribution in [0.15, 0.2) is 48.5 Å². The summed E-state index contributed by atoms with van der Waals surface area (Å²) in [5.74, 6) is -0.00200. The van der Waals surface area contributed by atoms with Gasteiger partial charge in [0, 0.05) is 22.7 Å². The Labute approximate surface area is 201 Å². The van der Waals surface area contributed by atoms with Crippen LogP contribution in [0.5, 0.6) is 5.75 Å². The Kier molecular flexibility index (Phi) is 12.5. The van der Waals surface area contributed by atoms with Gasteiger partial charge in [-0.2, -0.15) is 0 Å². The summed E-state index contributed by atoms with van der Waals surface area (Å²) >= 11 is 12.0. The maximum Gasteiger partial charge on any atom is 0.262 e. The SMILES string of the molecule is CC.CC.CCCNC(=O)C1CN(C(=O)/C=C/c2cc(Cl)cc(Cl)c2)c2ccccc2O1. The van der Waals surface area contributed by atoms with Crippen molar-refractivity contribution in [3.05, 3.63) is 64.1 Å². The van der Waals surface area contributed by atoms with Gasteiger partial charge in [0.2, 0.25) is 0 Å². The molecule has 1 heterocycles. The van der Waals surface area contributed by atoms with E-state index in [2.05, 4.69) is 5.32 Å².